The van der Waals surface area contributed by atoms with Gasteiger partial charge in [0.05, 0.1) is 26.0 Å². The van der Waals surface area contributed by atoms with Gasteiger partial charge in [-0.2, -0.15) is 0 Å². The van der Waals surface area contributed by atoms with Gasteiger partial charge in [-0.1, -0.05) is 103 Å². The lowest BCUT2D eigenvalue weighted by Gasteiger charge is -2.04. The first kappa shape index (κ1) is 24.5. The second-order valence-corrected chi connectivity index (χ2v) is 7.51. The zero-order valence-corrected chi connectivity index (χ0v) is 17.7. The Kier molecular flexibility index (Phi) is 17.9. The maximum Gasteiger partial charge on any atom is 0.564 e. The molecule has 3 heteroatoms. The molecule has 147 valence electrons. The number of nitrogens with zero attached hydrogens (tertiary/aromatic N) is 2. The topological polar surface area (TPSA) is 6.48 Å². The Morgan fingerprint density at radius 3 is 1.36 bits per heavy atom. The highest BCUT2D eigenvalue weighted by Gasteiger charge is 2.26. The van der Waals surface area contributed by atoms with Crippen molar-refractivity contribution in [1.82, 2.24) is 9.80 Å². The second-order valence-electron chi connectivity index (χ2n) is 7.51. The first-order valence-corrected chi connectivity index (χ1v) is 10.8. The summed E-state index contributed by atoms with van der Waals surface area (Å²) in [5.41, 5.74) is 0. The summed E-state index contributed by atoms with van der Waals surface area (Å²) in [4.78, 5) is 4.16. The van der Waals surface area contributed by atoms with E-state index in [0.29, 0.717) is 0 Å². The second kappa shape index (κ2) is 18.3. The van der Waals surface area contributed by atoms with Gasteiger partial charge in [0.25, 0.3) is 0 Å². The van der Waals surface area contributed by atoms with Crippen LogP contribution < -0.4 is 12.4 Å². The summed E-state index contributed by atoms with van der Waals surface area (Å²) in [7, 11) is 2.03. The Labute approximate surface area is 164 Å². The third-order valence-electron chi connectivity index (χ3n) is 5.01. The molecular weight excluding hydrogens is 328 g/mol. The van der Waals surface area contributed by atoms with E-state index >= 15 is 0 Å². The molecule has 2 nitrogen and oxygen atoms in total. The highest BCUT2D eigenvalue weighted by Crippen LogP contribution is 2.14. The van der Waals surface area contributed by atoms with Crippen molar-refractivity contribution in [3.05, 3.63) is 19.1 Å². The lowest BCUT2D eigenvalue weighted by Crippen LogP contribution is -3.00. The van der Waals surface area contributed by atoms with Crippen molar-refractivity contribution < 1.29 is 12.4 Å². The number of hydrogen-bond acceptors (Lipinski definition) is 2. The van der Waals surface area contributed by atoms with Crippen LogP contribution >= 0.6 is 0 Å². The van der Waals surface area contributed by atoms with Gasteiger partial charge in [-0.15, -0.1) is 9.80 Å². The maximum absolute atomic E-state index is 3.26. The van der Waals surface area contributed by atoms with E-state index in [0.717, 1.165) is 6.54 Å². The van der Waals surface area contributed by atoms with E-state index in [4.69, 9.17) is 0 Å². The monoisotopic (exact) mass is 369 g/mol. The largest absolute Gasteiger partial charge is 1.00 e. The van der Waals surface area contributed by atoms with Crippen LogP contribution in [-0.2, 0) is 0 Å². The summed E-state index contributed by atoms with van der Waals surface area (Å²) in [6, 6.07) is 0. The van der Waals surface area contributed by atoms with Crippen molar-refractivity contribution in [1.29, 1.82) is 0 Å². The van der Waals surface area contributed by atoms with Crippen LogP contribution in [0.5, 0.6) is 0 Å². The summed E-state index contributed by atoms with van der Waals surface area (Å²) < 4.78 is 0. The van der Waals surface area contributed by atoms with Crippen LogP contribution in [0, 0.1) is 6.67 Å². The van der Waals surface area contributed by atoms with E-state index in [1.165, 1.54) is 103 Å². The molecule has 0 spiro atoms. The van der Waals surface area contributed by atoms with Gasteiger partial charge < -0.3 is 12.4 Å². The molecule has 0 bridgehead atoms. The SMILES string of the molecule is CCCCCCCCCCCCCCCCCCN1[C+]N(C)C=C1.[Cl-]. The van der Waals surface area contributed by atoms with Crippen molar-refractivity contribution in [3.63, 3.8) is 0 Å². The fourth-order valence-electron chi connectivity index (χ4n) is 3.40. The molecule has 1 aliphatic heterocycles. The first-order valence-electron chi connectivity index (χ1n) is 10.8. The van der Waals surface area contributed by atoms with Crippen LogP contribution in [-0.4, -0.2) is 23.4 Å². The van der Waals surface area contributed by atoms with Crippen molar-refractivity contribution in [2.45, 2.75) is 110 Å². The molecule has 0 unspecified atom stereocenters. The first-order chi connectivity index (χ1) is 11.8. The smallest absolute Gasteiger partial charge is 0.564 e. The van der Waals surface area contributed by atoms with E-state index < -0.39 is 0 Å². The van der Waals surface area contributed by atoms with Crippen LogP contribution in [0.25, 0.3) is 0 Å². The van der Waals surface area contributed by atoms with Crippen molar-refractivity contribution in [2.75, 3.05) is 13.6 Å². The maximum atomic E-state index is 3.26. The molecule has 0 aromatic carbocycles. The highest BCUT2D eigenvalue weighted by molar-refractivity contribution is 4.94. The number of rotatable bonds is 17. The number of hydrogen-bond donors (Lipinski definition) is 0. The minimum absolute atomic E-state index is 0. The Bertz CT molecular complexity index is 294. The summed E-state index contributed by atoms with van der Waals surface area (Å²) in [6.07, 6.45) is 27.1. The van der Waals surface area contributed by atoms with Gasteiger partial charge >= 0.3 is 6.67 Å². The average Bonchev–Trinajstić information content (AvgIpc) is 3.00. The van der Waals surface area contributed by atoms with Crippen molar-refractivity contribution in [3.8, 4) is 0 Å². The molecule has 0 atom stereocenters. The van der Waals surface area contributed by atoms with E-state index in [2.05, 4.69) is 30.9 Å². The van der Waals surface area contributed by atoms with Gasteiger partial charge in [0.1, 0.15) is 0 Å². The molecule has 0 amide bonds. The van der Waals surface area contributed by atoms with Crippen LogP contribution in [0.4, 0.5) is 0 Å². The van der Waals surface area contributed by atoms with Gasteiger partial charge in [-0.05, 0) is 6.42 Å². The number of unbranched alkanes of at least 4 members (excludes halogenated alkanes) is 15. The zero-order chi connectivity index (χ0) is 17.3. The molecule has 0 aromatic heterocycles. The quantitative estimate of drug-likeness (QED) is 0.283. The van der Waals surface area contributed by atoms with Crippen LogP contribution in [0.15, 0.2) is 12.4 Å². The van der Waals surface area contributed by atoms with Gasteiger partial charge in [-0.3, -0.25) is 0 Å². The molecule has 1 radical (unpaired) electrons. The third-order valence-corrected chi connectivity index (χ3v) is 5.01. The fourth-order valence-corrected chi connectivity index (χ4v) is 3.40. The molecule has 0 aliphatic carbocycles. The van der Waals surface area contributed by atoms with E-state index in [9.17, 15) is 0 Å². The van der Waals surface area contributed by atoms with E-state index in [-0.39, 0.29) is 12.4 Å². The van der Waals surface area contributed by atoms with Gasteiger partial charge in [0, 0.05) is 0 Å². The summed E-state index contributed by atoms with van der Waals surface area (Å²) in [5, 5.41) is 0. The Balaban J connectivity index is 0.00000576. The van der Waals surface area contributed by atoms with E-state index in [1.54, 1.807) is 0 Å². The molecule has 0 fully saturated rings. The van der Waals surface area contributed by atoms with Crippen LogP contribution in [0.2, 0.25) is 0 Å². The Morgan fingerprint density at radius 2 is 1.00 bits per heavy atom. The zero-order valence-electron chi connectivity index (χ0n) is 16.9. The molecule has 1 aliphatic rings. The molecule has 25 heavy (non-hydrogen) atoms. The third kappa shape index (κ3) is 15.5. The standard InChI is InChI=1S/C22H42N2.ClH/c1-3-4-5-6-7-8-9-10-11-12-13-14-15-16-17-18-19-24-21-20-23(2)22-24;/h20-21H,3-19H2,1-2H3;1H/q+1;/p-1. The molecular formula is C22H42ClN2. The summed E-state index contributed by atoms with van der Waals surface area (Å²) in [6.45, 7) is 6.68. The van der Waals surface area contributed by atoms with Gasteiger partial charge in [-0.25, -0.2) is 0 Å². The van der Waals surface area contributed by atoms with Gasteiger partial charge in [0.2, 0.25) is 0 Å². The normalized spacial score (nSPS) is 13.2. The molecule has 0 saturated carbocycles. The highest BCUT2D eigenvalue weighted by atomic mass is 35.5. The minimum atomic E-state index is 0. The molecule has 0 saturated heterocycles. The molecule has 1 rings (SSSR count). The predicted octanol–water partition coefficient (Wildman–Crippen LogP) is 3.97. The molecule has 1 heterocycles. The lowest BCUT2D eigenvalue weighted by atomic mass is 10.0. The fraction of sp³-hybridized carbons (Fsp3) is 0.864. The summed E-state index contributed by atoms with van der Waals surface area (Å²) >= 11 is 0. The van der Waals surface area contributed by atoms with Gasteiger partial charge in [0.15, 0.2) is 0 Å². The number of halogens is 1. The van der Waals surface area contributed by atoms with Crippen molar-refractivity contribution in [2.24, 2.45) is 0 Å². The average molecular weight is 370 g/mol. The summed E-state index contributed by atoms with van der Waals surface area (Å²) in [5.74, 6) is 0. The minimum Gasteiger partial charge on any atom is -1.00 e. The Morgan fingerprint density at radius 1 is 0.600 bits per heavy atom. The predicted molar refractivity (Wildman–Crippen MR) is 106 cm³/mol. The Hall–Kier alpha value is -0.500. The molecule has 0 N–H and O–H groups in total. The molecule has 0 aromatic rings. The van der Waals surface area contributed by atoms with Crippen LogP contribution in [0.3, 0.4) is 0 Å². The lowest BCUT2D eigenvalue weighted by molar-refractivity contribution is -0.00000530. The van der Waals surface area contributed by atoms with E-state index in [1.807, 2.05) is 11.9 Å². The van der Waals surface area contributed by atoms with Crippen molar-refractivity contribution >= 4 is 0 Å². The van der Waals surface area contributed by atoms with Crippen LogP contribution in [0.1, 0.15) is 110 Å².